The normalized spacial score (nSPS) is 11.4. The van der Waals surface area contributed by atoms with Crippen molar-refractivity contribution in [3.05, 3.63) is 146 Å². The highest BCUT2D eigenvalue weighted by Crippen LogP contribution is 2.45. The summed E-state index contributed by atoms with van der Waals surface area (Å²) in [5, 5.41) is 7.35. The van der Waals surface area contributed by atoms with Gasteiger partial charge in [0.05, 0.1) is 0 Å². The Morgan fingerprint density at radius 2 is 1.07 bits per heavy atom. The molecule has 0 atom stereocenters. The summed E-state index contributed by atoms with van der Waals surface area (Å²) >= 11 is 0. The van der Waals surface area contributed by atoms with Crippen LogP contribution < -0.4 is 5.73 Å². The molecule has 0 spiro atoms. The molecule has 7 rings (SSSR count). The van der Waals surface area contributed by atoms with E-state index in [-0.39, 0.29) is 0 Å². The van der Waals surface area contributed by atoms with Gasteiger partial charge in [-0.2, -0.15) is 0 Å². The van der Waals surface area contributed by atoms with E-state index in [4.69, 9.17) is 5.73 Å². The Bertz CT molecular complexity index is 2060. The highest BCUT2D eigenvalue weighted by atomic mass is 14.6. The smallest absolute Gasteiger partial charge is 0.0400 e. The van der Waals surface area contributed by atoms with Crippen molar-refractivity contribution in [2.24, 2.45) is 0 Å². The van der Waals surface area contributed by atoms with Gasteiger partial charge in [-0.1, -0.05) is 128 Å². The molecule has 40 heavy (non-hydrogen) atoms. The maximum Gasteiger partial charge on any atom is 0.0400 e. The number of allylic oxidation sites excluding steroid dienone is 2. The summed E-state index contributed by atoms with van der Waals surface area (Å²) in [4.78, 5) is 0. The third-order valence-electron chi connectivity index (χ3n) is 8.25. The highest BCUT2D eigenvalue weighted by Gasteiger charge is 2.18. The van der Waals surface area contributed by atoms with Crippen molar-refractivity contribution in [3.63, 3.8) is 0 Å². The molecule has 0 saturated heterocycles. The van der Waals surface area contributed by atoms with Gasteiger partial charge in [-0.25, -0.2) is 0 Å². The first-order valence-corrected chi connectivity index (χ1v) is 13.6. The average Bonchev–Trinajstić information content (AvgIpc) is 3.01. The van der Waals surface area contributed by atoms with E-state index in [9.17, 15) is 0 Å². The molecule has 7 aromatic rings. The molecule has 7 aromatic carbocycles. The van der Waals surface area contributed by atoms with Crippen LogP contribution in [-0.2, 0) is 0 Å². The zero-order valence-electron chi connectivity index (χ0n) is 22.5. The van der Waals surface area contributed by atoms with Gasteiger partial charge in [0.25, 0.3) is 0 Å². The largest absolute Gasteiger partial charge is 0.398 e. The molecule has 0 heterocycles. The van der Waals surface area contributed by atoms with Crippen LogP contribution in [0, 0.1) is 6.92 Å². The number of aryl methyl sites for hydroxylation is 1. The predicted octanol–water partition coefficient (Wildman–Crippen LogP) is 10.7. The van der Waals surface area contributed by atoms with Crippen LogP contribution in [0.1, 0.15) is 11.1 Å². The van der Waals surface area contributed by atoms with Crippen LogP contribution in [0.2, 0.25) is 0 Å². The number of nitrogens with two attached hydrogens (primary N) is 1. The fourth-order valence-electron chi connectivity index (χ4n) is 6.13. The monoisotopic (exact) mass is 511 g/mol. The lowest BCUT2D eigenvalue weighted by Gasteiger charge is -2.19. The minimum atomic E-state index is 0.805. The SMILES string of the molecule is C=CC(=C)c1ccc(-c2cc(C)c3ccc4c(-c5ccc(-c6ccccc6)cc5)cc(N)c5ccc2c3c54)cc1. The van der Waals surface area contributed by atoms with Crippen LogP contribution in [0.5, 0.6) is 0 Å². The molecule has 0 saturated carbocycles. The van der Waals surface area contributed by atoms with Gasteiger partial charge in [-0.3, -0.25) is 0 Å². The Balaban J connectivity index is 1.45. The molecular formula is C39H29N. The quantitative estimate of drug-likeness (QED) is 0.139. The molecule has 0 aliphatic carbocycles. The predicted molar refractivity (Wildman–Crippen MR) is 175 cm³/mol. The summed E-state index contributed by atoms with van der Waals surface area (Å²) in [5.41, 5.74) is 18.0. The summed E-state index contributed by atoms with van der Waals surface area (Å²) < 4.78 is 0. The number of nitrogen functional groups attached to an aromatic ring is 1. The molecule has 190 valence electrons. The second kappa shape index (κ2) is 9.25. The molecule has 0 aliphatic heterocycles. The number of anilines is 1. The summed E-state index contributed by atoms with van der Waals surface area (Å²) in [7, 11) is 0. The van der Waals surface area contributed by atoms with Crippen LogP contribution in [-0.4, -0.2) is 0 Å². The average molecular weight is 512 g/mol. The van der Waals surface area contributed by atoms with Gasteiger partial charge in [0.15, 0.2) is 0 Å². The van der Waals surface area contributed by atoms with E-state index in [1.807, 2.05) is 6.07 Å². The molecule has 0 bridgehead atoms. The summed E-state index contributed by atoms with van der Waals surface area (Å²) in [6.07, 6.45) is 1.80. The molecule has 0 unspecified atom stereocenters. The summed E-state index contributed by atoms with van der Waals surface area (Å²) in [5.74, 6) is 0. The van der Waals surface area contributed by atoms with E-state index in [1.165, 1.54) is 60.3 Å². The molecule has 0 fully saturated rings. The van der Waals surface area contributed by atoms with Crippen molar-refractivity contribution in [2.75, 3.05) is 5.73 Å². The minimum Gasteiger partial charge on any atom is -0.398 e. The van der Waals surface area contributed by atoms with Crippen molar-refractivity contribution >= 4 is 43.6 Å². The maximum atomic E-state index is 6.75. The molecule has 0 aromatic heterocycles. The Hall–Kier alpha value is -5.14. The standard InChI is InChI=1S/C39H29N/c1-4-24(2)26-10-14-29(15-11-26)35-22-25(3)31-18-19-33-36(23-37(40)34-21-20-32(35)38(31)39(33)34)30-16-12-28(13-17-30)27-8-6-5-7-9-27/h4-23H,1-2,40H2,3H3. The summed E-state index contributed by atoms with van der Waals surface area (Å²) in [6, 6.07) is 41.4. The van der Waals surface area contributed by atoms with Gasteiger partial charge < -0.3 is 5.73 Å². The summed E-state index contributed by atoms with van der Waals surface area (Å²) in [6.45, 7) is 10.2. The molecular weight excluding hydrogens is 482 g/mol. The van der Waals surface area contributed by atoms with E-state index in [1.54, 1.807) is 6.08 Å². The van der Waals surface area contributed by atoms with Crippen LogP contribution in [0.15, 0.2) is 134 Å². The molecule has 1 heteroatoms. The third-order valence-corrected chi connectivity index (χ3v) is 8.25. The first-order chi connectivity index (χ1) is 19.5. The fraction of sp³-hybridized carbons (Fsp3) is 0.0256. The van der Waals surface area contributed by atoms with Gasteiger partial charge in [0.1, 0.15) is 0 Å². The van der Waals surface area contributed by atoms with Gasteiger partial charge in [-0.15, -0.1) is 0 Å². The van der Waals surface area contributed by atoms with Crippen molar-refractivity contribution in [1.82, 2.24) is 0 Å². The maximum absolute atomic E-state index is 6.75. The minimum absolute atomic E-state index is 0.805. The lowest BCUT2D eigenvalue weighted by atomic mass is 9.85. The number of hydrogen-bond acceptors (Lipinski definition) is 1. The second-order valence-electron chi connectivity index (χ2n) is 10.6. The molecule has 1 nitrogen and oxygen atoms in total. The van der Waals surface area contributed by atoms with Gasteiger partial charge in [-0.05, 0) is 84.6 Å². The van der Waals surface area contributed by atoms with Crippen LogP contribution in [0.3, 0.4) is 0 Å². The van der Waals surface area contributed by atoms with Crippen LogP contribution in [0.4, 0.5) is 5.69 Å². The molecule has 0 amide bonds. The highest BCUT2D eigenvalue weighted by molar-refractivity contribution is 6.30. The van der Waals surface area contributed by atoms with Gasteiger partial charge >= 0.3 is 0 Å². The van der Waals surface area contributed by atoms with Crippen molar-refractivity contribution < 1.29 is 0 Å². The van der Waals surface area contributed by atoms with Gasteiger partial charge in [0, 0.05) is 16.5 Å². The fourth-order valence-corrected chi connectivity index (χ4v) is 6.13. The van der Waals surface area contributed by atoms with Crippen molar-refractivity contribution in [1.29, 1.82) is 0 Å². The Morgan fingerprint density at radius 3 is 1.73 bits per heavy atom. The van der Waals surface area contributed by atoms with Crippen molar-refractivity contribution in [2.45, 2.75) is 6.92 Å². The zero-order valence-corrected chi connectivity index (χ0v) is 22.5. The van der Waals surface area contributed by atoms with Crippen molar-refractivity contribution in [3.8, 4) is 33.4 Å². The Labute approximate surface area is 234 Å². The van der Waals surface area contributed by atoms with E-state index >= 15 is 0 Å². The van der Waals surface area contributed by atoms with Gasteiger partial charge in [0.2, 0.25) is 0 Å². The number of hydrogen-bond donors (Lipinski definition) is 1. The lowest BCUT2D eigenvalue weighted by Crippen LogP contribution is -1.95. The first-order valence-electron chi connectivity index (χ1n) is 13.6. The second-order valence-corrected chi connectivity index (χ2v) is 10.6. The van der Waals surface area contributed by atoms with E-state index in [0.29, 0.717) is 0 Å². The van der Waals surface area contributed by atoms with E-state index in [0.717, 1.165) is 27.8 Å². The first kappa shape index (κ1) is 23.9. The lowest BCUT2D eigenvalue weighted by molar-refractivity contribution is 1.53. The number of rotatable bonds is 5. The number of benzene rings is 7. The van der Waals surface area contributed by atoms with Crippen LogP contribution >= 0.6 is 0 Å². The zero-order chi connectivity index (χ0) is 27.4. The Morgan fingerprint density at radius 1 is 0.575 bits per heavy atom. The molecule has 2 N–H and O–H groups in total. The Kier molecular flexibility index (Phi) is 5.54. The van der Waals surface area contributed by atoms with Crippen LogP contribution in [0.25, 0.3) is 71.3 Å². The molecule has 0 aliphatic rings. The topological polar surface area (TPSA) is 26.0 Å². The third kappa shape index (κ3) is 3.71. The van der Waals surface area contributed by atoms with E-state index in [2.05, 4.69) is 129 Å². The molecule has 0 radical (unpaired) electrons. The van der Waals surface area contributed by atoms with E-state index < -0.39 is 0 Å².